The molecule has 1 aromatic rings. The fourth-order valence-corrected chi connectivity index (χ4v) is 4.64. The molecule has 0 radical (unpaired) electrons. The minimum atomic E-state index is -0.740. The van der Waals surface area contributed by atoms with Gasteiger partial charge in [-0.1, -0.05) is 37.3 Å². The molecule has 1 aromatic carbocycles. The van der Waals surface area contributed by atoms with Gasteiger partial charge in [-0.15, -0.1) is 0 Å². The second kappa shape index (κ2) is 7.80. The standard InChI is InChI=1S/C22H33NO4/c1-4-17-19-20(27-21(2,3)26-19)22(24-17,25-18-13-9-15-23-18)14-8-12-16-10-6-5-7-11-16/h5-7,10-11,17-20,23H,4,8-9,12-15H2,1-3H3/t17-,18?,19+,20+,22-/m1/s1. The first kappa shape index (κ1) is 19.3. The normalized spacial score (nSPS) is 37.6. The molecule has 0 amide bonds. The summed E-state index contributed by atoms with van der Waals surface area (Å²) >= 11 is 0. The molecule has 5 nitrogen and oxygen atoms in total. The Morgan fingerprint density at radius 1 is 1.15 bits per heavy atom. The quantitative estimate of drug-likeness (QED) is 0.786. The highest BCUT2D eigenvalue weighted by Crippen LogP contribution is 2.48. The summed E-state index contributed by atoms with van der Waals surface area (Å²) in [6.07, 6.45) is 5.63. The molecule has 3 saturated heterocycles. The minimum absolute atomic E-state index is 0.00917. The number of aryl methyl sites for hydroxylation is 1. The van der Waals surface area contributed by atoms with Crippen LogP contribution >= 0.6 is 0 Å². The molecule has 0 aliphatic carbocycles. The predicted molar refractivity (Wildman–Crippen MR) is 103 cm³/mol. The topological polar surface area (TPSA) is 49.0 Å². The Hall–Kier alpha value is -0.980. The molecule has 3 fully saturated rings. The van der Waals surface area contributed by atoms with E-state index in [1.165, 1.54) is 5.56 Å². The minimum Gasteiger partial charge on any atom is -0.342 e. The molecular weight excluding hydrogens is 342 g/mol. The third-order valence-corrected chi connectivity index (χ3v) is 5.87. The van der Waals surface area contributed by atoms with E-state index < -0.39 is 11.6 Å². The molecule has 3 aliphatic heterocycles. The summed E-state index contributed by atoms with van der Waals surface area (Å²) in [5, 5.41) is 3.45. The molecule has 1 unspecified atom stereocenters. The van der Waals surface area contributed by atoms with Gasteiger partial charge in [-0.2, -0.15) is 0 Å². The average molecular weight is 376 g/mol. The van der Waals surface area contributed by atoms with Crippen molar-refractivity contribution >= 4 is 0 Å². The molecule has 1 N–H and O–H groups in total. The van der Waals surface area contributed by atoms with E-state index in [1.54, 1.807) is 0 Å². The van der Waals surface area contributed by atoms with Gasteiger partial charge in [0.25, 0.3) is 0 Å². The summed E-state index contributed by atoms with van der Waals surface area (Å²) in [5.41, 5.74) is 1.34. The van der Waals surface area contributed by atoms with Gasteiger partial charge < -0.3 is 18.9 Å². The van der Waals surface area contributed by atoms with E-state index in [-0.39, 0.29) is 24.5 Å². The van der Waals surface area contributed by atoms with E-state index in [1.807, 2.05) is 13.8 Å². The highest BCUT2D eigenvalue weighted by atomic mass is 16.8. The lowest BCUT2D eigenvalue weighted by Crippen LogP contribution is -2.49. The summed E-state index contributed by atoms with van der Waals surface area (Å²) in [7, 11) is 0. The van der Waals surface area contributed by atoms with E-state index in [9.17, 15) is 0 Å². The maximum Gasteiger partial charge on any atom is 0.199 e. The molecule has 27 heavy (non-hydrogen) atoms. The van der Waals surface area contributed by atoms with Gasteiger partial charge >= 0.3 is 0 Å². The number of rotatable bonds is 7. The molecular formula is C22H33NO4. The van der Waals surface area contributed by atoms with E-state index in [4.69, 9.17) is 18.9 Å². The Morgan fingerprint density at radius 3 is 2.67 bits per heavy atom. The Kier molecular flexibility index (Phi) is 5.59. The van der Waals surface area contributed by atoms with Crippen molar-refractivity contribution in [3.8, 4) is 0 Å². The summed E-state index contributed by atoms with van der Waals surface area (Å²) in [6.45, 7) is 7.12. The first-order valence-electron chi connectivity index (χ1n) is 10.5. The van der Waals surface area contributed by atoms with Crippen molar-refractivity contribution in [3.05, 3.63) is 35.9 Å². The smallest absolute Gasteiger partial charge is 0.199 e. The van der Waals surface area contributed by atoms with Crippen molar-refractivity contribution in [2.75, 3.05) is 6.54 Å². The molecule has 3 aliphatic rings. The highest BCUT2D eigenvalue weighted by molar-refractivity contribution is 5.15. The molecule has 5 atom stereocenters. The van der Waals surface area contributed by atoms with Gasteiger partial charge in [0.2, 0.25) is 0 Å². The first-order chi connectivity index (χ1) is 13.0. The molecule has 0 bridgehead atoms. The van der Waals surface area contributed by atoms with Gasteiger partial charge in [0, 0.05) is 6.42 Å². The molecule has 0 spiro atoms. The van der Waals surface area contributed by atoms with E-state index >= 15 is 0 Å². The lowest BCUT2D eigenvalue weighted by atomic mass is 9.97. The number of fused-ring (bicyclic) bond motifs is 1. The molecule has 0 aromatic heterocycles. The average Bonchev–Trinajstić information content (AvgIpc) is 3.33. The van der Waals surface area contributed by atoms with E-state index in [0.717, 1.165) is 45.1 Å². The molecule has 3 heterocycles. The highest BCUT2D eigenvalue weighted by Gasteiger charge is 2.63. The number of ether oxygens (including phenoxy) is 4. The molecule has 5 heteroatoms. The third kappa shape index (κ3) is 4.08. The van der Waals surface area contributed by atoms with Gasteiger partial charge in [0.05, 0.1) is 6.10 Å². The van der Waals surface area contributed by atoms with Crippen LogP contribution in [0.4, 0.5) is 0 Å². The van der Waals surface area contributed by atoms with Crippen LogP contribution in [0.2, 0.25) is 0 Å². The summed E-state index contributed by atoms with van der Waals surface area (Å²) in [5.74, 6) is -1.33. The van der Waals surface area contributed by atoms with Crippen LogP contribution in [0.3, 0.4) is 0 Å². The first-order valence-corrected chi connectivity index (χ1v) is 10.5. The molecule has 150 valence electrons. The number of hydrogen-bond acceptors (Lipinski definition) is 5. The fraction of sp³-hybridized carbons (Fsp3) is 0.727. The number of nitrogens with one attached hydrogen (secondary N) is 1. The summed E-state index contributed by atoms with van der Waals surface area (Å²) < 4.78 is 25.7. The second-order valence-corrected chi connectivity index (χ2v) is 8.44. The van der Waals surface area contributed by atoms with E-state index in [2.05, 4.69) is 42.6 Å². The number of hydrogen-bond donors (Lipinski definition) is 1. The molecule has 0 saturated carbocycles. The lowest BCUT2D eigenvalue weighted by Gasteiger charge is -2.37. The van der Waals surface area contributed by atoms with Crippen molar-refractivity contribution in [2.24, 2.45) is 0 Å². The van der Waals surface area contributed by atoms with Crippen LogP contribution in [0, 0.1) is 0 Å². The Balaban J connectivity index is 1.52. The zero-order valence-electron chi connectivity index (χ0n) is 16.8. The van der Waals surface area contributed by atoms with Crippen molar-refractivity contribution in [3.63, 3.8) is 0 Å². The monoisotopic (exact) mass is 375 g/mol. The van der Waals surface area contributed by atoms with Crippen LogP contribution in [0.25, 0.3) is 0 Å². The SMILES string of the molecule is CC[C@H]1O[C@](CCCc2ccccc2)(OC2CCCN2)[C@H]2OC(C)(C)O[C@@H]12. The van der Waals surface area contributed by atoms with Crippen LogP contribution in [-0.4, -0.2) is 42.7 Å². The van der Waals surface area contributed by atoms with Gasteiger partial charge in [-0.25, -0.2) is 0 Å². The predicted octanol–water partition coefficient (Wildman–Crippen LogP) is 3.76. The maximum absolute atomic E-state index is 6.60. The van der Waals surface area contributed by atoms with Crippen molar-refractivity contribution in [2.45, 2.75) is 95.4 Å². The molecule has 4 rings (SSSR count). The Bertz CT molecular complexity index is 616. The van der Waals surface area contributed by atoms with Crippen LogP contribution in [-0.2, 0) is 25.4 Å². The van der Waals surface area contributed by atoms with Gasteiger partial charge in [-0.3, -0.25) is 5.32 Å². The van der Waals surface area contributed by atoms with Crippen molar-refractivity contribution in [1.29, 1.82) is 0 Å². The largest absolute Gasteiger partial charge is 0.342 e. The van der Waals surface area contributed by atoms with Crippen LogP contribution in [0.1, 0.15) is 58.4 Å². The van der Waals surface area contributed by atoms with Gasteiger partial charge in [-0.05, 0) is 58.1 Å². The summed E-state index contributed by atoms with van der Waals surface area (Å²) in [4.78, 5) is 0. The third-order valence-electron chi connectivity index (χ3n) is 5.87. The Labute approximate surface area is 162 Å². The maximum atomic E-state index is 6.60. The lowest BCUT2D eigenvalue weighted by molar-refractivity contribution is -0.311. The van der Waals surface area contributed by atoms with Crippen LogP contribution < -0.4 is 5.32 Å². The van der Waals surface area contributed by atoms with Crippen molar-refractivity contribution < 1.29 is 18.9 Å². The zero-order chi connectivity index (χ0) is 18.9. The van der Waals surface area contributed by atoms with E-state index in [0.29, 0.717) is 0 Å². The van der Waals surface area contributed by atoms with Crippen LogP contribution in [0.15, 0.2) is 30.3 Å². The fourth-order valence-electron chi connectivity index (χ4n) is 4.64. The number of benzene rings is 1. The van der Waals surface area contributed by atoms with Gasteiger partial charge in [0.15, 0.2) is 11.6 Å². The second-order valence-electron chi connectivity index (χ2n) is 8.44. The Morgan fingerprint density at radius 2 is 1.96 bits per heavy atom. The van der Waals surface area contributed by atoms with Gasteiger partial charge in [0.1, 0.15) is 18.4 Å². The van der Waals surface area contributed by atoms with Crippen LogP contribution in [0.5, 0.6) is 0 Å². The zero-order valence-corrected chi connectivity index (χ0v) is 16.8. The summed E-state index contributed by atoms with van der Waals surface area (Å²) in [6, 6.07) is 10.6. The van der Waals surface area contributed by atoms with Crippen molar-refractivity contribution in [1.82, 2.24) is 5.32 Å².